The molecule has 0 aliphatic carbocycles. The van der Waals surface area contributed by atoms with Crippen LogP contribution in [0.15, 0.2) is 0 Å². The van der Waals surface area contributed by atoms with Crippen LogP contribution in [0.4, 0.5) is 0 Å². The van der Waals surface area contributed by atoms with Crippen LogP contribution in [-0.4, -0.2) is 257 Å². The first-order chi connectivity index (χ1) is 40.1. The van der Waals surface area contributed by atoms with Gasteiger partial charge in [0.25, 0.3) is 0 Å². The molecule has 7 aliphatic heterocycles. The van der Waals surface area contributed by atoms with Crippen molar-refractivity contribution >= 4 is 78.8 Å². The molecule has 2 bridgehead atoms. The Balaban J connectivity index is 1.39. The van der Waals surface area contributed by atoms with Gasteiger partial charge in [-0.25, -0.2) is 34.1 Å². The van der Waals surface area contributed by atoms with Crippen LogP contribution >= 0.6 is 0 Å². The highest BCUT2D eigenvalue weighted by molar-refractivity contribution is 7.82. The van der Waals surface area contributed by atoms with Gasteiger partial charge < -0.3 is 62.3 Å². The number of rotatable bonds is 28. The summed E-state index contributed by atoms with van der Waals surface area (Å²) in [6.07, 6.45) is -39.4. The Morgan fingerprint density at radius 3 is 1.35 bits per heavy atom. The summed E-state index contributed by atoms with van der Waals surface area (Å²) >= 11 is 0. The lowest BCUT2D eigenvalue weighted by molar-refractivity contribution is -0.429. The Hall–Kier alpha value is -1.92. The Morgan fingerprint density at radius 1 is 0.443 bits per heavy atom. The minimum atomic E-state index is -6.02. The fraction of sp³-hybridized carbons (Fsp3) is 0.974. The van der Waals surface area contributed by atoms with Gasteiger partial charge >= 0.3 is 78.8 Å². The number of aliphatic hydroxyl groups excluding tert-OH is 1. The average molecular weight is 1430 g/mol. The van der Waals surface area contributed by atoms with Crippen LogP contribution in [0.3, 0.4) is 0 Å². The smallest absolute Gasteiger partial charge is 0.397 e. The van der Waals surface area contributed by atoms with Gasteiger partial charge in [0.2, 0.25) is 5.79 Å². The predicted molar refractivity (Wildman–Crippen MR) is 271 cm³/mol. The third kappa shape index (κ3) is 20.1. The molecule has 11 unspecified atom stereocenters. The molecule has 0 spiro atoms. The maximum Gasteiger partial charge on any atom is 0.397 e. The zero-order chi connectivity index (χ0) is 66.4. The van der Waals surface area contributed by atoms with Gasteiger partial charge in [-0.05, 0) is 24.7 Å². The second kappa shape index (κ2) is 28.6. The molecule has 516 valence electrons. The van der Waals surface area contributed by atoms with Gasteiger partial charge in [0.05, 0.1) is 38.6 Å². The van der Waals surface area contributed by atoms with Crippen LogP contribution < -0.4 is 0 Å². The first kappa shape index (κ1) is 75.1. The molecule has 88 heavy (non-hydrogen) atoms. The van der Waals surface area contributed by atoms with Crippen molar-refractivity contribution in [2.75, 3.05) is 33.2 Å². The minimum absolute atomic E-state index is 0.352. The molecule has 7 saturated heterocycles. The zero-order valence-corrected chi connectivity index (χ0v) is 52.2. The second-order valence-corrected chi connectivity index (χ2v) is 28.5. The number of hydrogen-bond donors (Lipinski definition) is 9. The van der Waals surface area contributed by atoms with E-state index < -0.39 is 264 Å². The van der Waals surface area contributed by atoms with E-state index in [0.29, 0.717) is 0 Å². The fourth-order valence-corrected chi connectivity index (χ4v) is 13.8. The summed E-state index contributed by atoms with van der Waals surface area (Å²) in [4.78, 5) is 13.1. The Labute approximate surface area is 503 Å². The number of aliphatic hydroxyl groups is 1. The summed E-state index contributed by atoms with van der Waals surface area (Å²) in [5, 5.41) is 20.9. The van der Waals surface area contributed by atoms with E-state index in [2.05, 4.69) is 16.7 Å². The van der Waals surface area contributed by atoms with E-state index >= 15 is 0 Å². The summed E-state index contributed by atoms with van der Waals surface area (Å²) in [6.45, 7) is 4.29. The highest BCUT2D eigenvalue weighted by Gasteiger charge is 2.64. The van der Waals surface area contributed by atoms with Crippen molar-refractivity contribution in [3.8, 4) is 0 Å². The van der Waals surface area contributed by atoms with Crippen LogP contribution in [0.25, 0.3) is 0 Å². The highest BCUT2D eigenvalue weighted by atomic mass is 32.3. The van der Waals surface area contributed by atoms with E-state index in [1.54, 1.807) is 20.8 Å². The van der Waals surface area contributed by atoms with Crippen molar-refractivity contribution in [3.05, 3.63) is 0 Å². The molecule has 7 heterocycles. The van der Waals surface area contributed by atoms with Gasteiger partial charge in [0, 0.05) is 24.2 Å². The molecular weight excluding hydrogens is 1360 g/mol. The van der Waals surface area contributed by atoms with Gasteiger partial charge in [-0.2, -0.15) is 58.9 Å². The SMILES string of the molecule is CC1C(C)[C@H](C)[C@H](COS(=O)(=O)O)O[C@@H]1O[C@H]1C(C)C(C)[C@H](OC2C(COS(=O)(=O)O)O[C@@H](OC3[C@@H](C)[C@H]4OCCC3(OCO)O[C@H]4O[C@H]3C(OS(=O)(=O)O)C(OS(=O)(=O)O)[C@@H](C)O[C@H]3COS(=O)(=O)O)C(OS(=O)(=O)O)[C@H]2OS(=O)(=O)O)O[C@H]1C(=O)O. The monoisotopic (exact) mass is 1430 g/mol. The first-order valence-electron chi connectivity index (χ1n) is 25.6. The molecule has 42 nitrogen and oxygen atoms in total. The number of fused-ring (bicyclic) bond motifs is 4. The molecule has 0 aromatic carbocycles. The van der Waals surface area contributed by atoms with Crippen molar-refractivity contribution in [1.82, 2.24) is 0 Å². The van der Waals surface area contributed by atoms with Crippen molar-refractivity contribution in [1.29, 1.82) is 0 Å². The molecule has 9 N–H and O–H groups in total. The lowest BCUT2D eigenvalue weighted by Crippen LogP contribution is -2.69. The molecular formula is C39H66O42S7. The minimum Gasteiger partial charge on any atom is -0.479 e. The fourth-order valence-electron chi connectivity index (χ4n) is 10.9. The third-order valence-electron chi connectivity index (χ3n) is 15.4. The molecule has 0 radical (unpaired) electrons. The molecule has 49 heteroatoms. The first-order valence-corrected chi connectivity index (χ1v) is 35.1. The van der Waals surface area contributed by atoms with Crippen molar-refractivity contribution in [3.63, 3.8) is 0 Å². The summed E-state index contributed by atoms with van der Waals surface area (Å²) in [5.41, 5.74) is 0. The van der Waals surface area contributed by atoms with E-state index in [0.717, 1.165) is 6.92 Å². The molecule has 7 aliphatic rings. The van der Waals surface area contributed by atoms with Crippen molar-refractivity contribution in [2.24, 2.45) is 35.5 Å². The average Bonchev–Trinajstić information content (AvgIpc) is 3.07. The van der Waals surface area contributed by atoms with Gasteiger partial charge in [0.15, 0.2) is 37.4 Å². The largest absolute Gasteiger partial charge is 0.479 e. The Bertz CT molecular complexity index is 3230. The third-order valence-corrected chi connectivity index (χ3v) is 18.5. The molecule has 7 fully saturated rings. The van der Waals surface area contributed by atoms with Gasteiger partial charge in [-0.15, -0.1) is 0 Å². The number of ether oxygens (including phenoxy) is 11. The van der Waals surface area contributed by atoms with Crippen LogP contribution in [-0.2, 0) is 159 Å². The maximum atomic E-state index is 13.1. The van der Waals surface area contributed by atoms with Crippen molar-refractivity contribution in [2.45, 2.75) is 171 Å². The molecule has 0 aromatic heterocycles. The quantitative estimate of drug-likeness (QED) is 0.0270. The van der Waals surface area contributed by atoms with Gasteiger partial charge in [0.1, 0.15) is 67.8 Å². The number of aliphatic carboxylic acids is 1. The van der Waals surface area contributed by atoms with E-state index in [4.69, 9.17) is 64.7 Å². The molecule has 7 rings (SSSR count). The highest BCUT2D eigenvalue weighted by Crippen LogP contribution is 2.48. The van der Waals surface area contributed by atoms with Crippen LogP contribution in [0.1, 0.15) is 54.9 Å². The summed E-state index contributed by atoms with van der Waals surface area (Å²) in [7, 11) is -39.4. The lowest BCUT2D eigenvalue weighted by Gasteiger charge is -2.53. The molecule has 0 saturated carbocycles. The van der Waals surface area contributed by atoms with Gasteiger partial charge in [-0.1, -0.05) is 41.5 Å². The van der Waals surface area contributed by atoms with E-state index in [1.165, 1.54) is 20.8 Å². The molecule has 0 amide bonds. The summed E-state index contributed by atoms with van der Waals surface area (Å²) in [6, 6.07) is 0. The summed E-state index contributed by atoms with van der Waals surface area (Å²) < 4.78 is 337. The van der Waals surface area contributed by atoms with Gasteiger partial charge in [-0.3, -0.25) is 31.9 Å². The van der Waals surface area contributed by atoms with E-state index in [9.17, 15) is 106 Å². The topological polar surface area (TPSA) is 604 Å². The Kier molecular flexibility index (Phi) is 24.4. The number of carbonyl (C=O) groups is 1. The number of carboxylic acids is 1. The van der Waals surface area contributed by atoms with Crippen LogP contribution in [0.5, 0.6) is 0 Å². The van der Waals surface area contributed by atoms with E-state index in [1.807, 2.05) is 0 Å². The maximum absolute atomic E-state index is 13.1. The normalized spacial score (nSPS) is 40.9. The molecule has 25 atom stereocenters. The zero-order valence-electron chi connectivity index (χ0n) is 46.5. The molecule has 0 aromatic rings. The number of hydrogen-bond acceptors (Lipinski definition) is 34. The Morgan fingerprint density at radius 2 is 0.864 bits per heavy atom. The van der Waals surface area contributed by atoms with E-state index in [-0.39, 0.29) is 5.92 Å². The lowest BCUT2D eigenvalue weighted by atomic mass is 9.78. The van der Waals surface area contributed by atoms with Crippen LogP contribution in [0, 0.1) is 35.5 Å². The van der Waals surface area contributed by atoms with Crippen molar-refractivity contribution < 1.29 is 187 Å². The second-order valence-electron chi connectivity index (χ2n) is 21.0. The predicted octanol–water partition coefficient (Wildman–Crippen LogP) is -3.59. The number of carboxylic acid groups (broad SMARTS) is 1. The standard InChI is InChI=1S/C39H66O42S7/c1-14-15(2)21(10-66-82(43,44)45)70-35(17(14)4)72-24-16(3)18(5)36(75-31(24)34(41)42)73-28-23(12-68-84(49,50)51)71-37(32(81-88(61,62)63)30(28)80-87(58,59)60)76-33-19(6)25-38(77-39(33,65-13-40)8-9-64-25)74-27-22(11-67-83(46,47)48)69-20(7)26(78-85(52,53)54)29(27)79-86(55,56)57/h14-33,35-38,40H,8-13H2,1-7H3,(H,41,42)(H,43,44,45)(H,46,47,48)(H,49,50,51)(H,52,53,54)(H,55,56,57)(H,58,59,60)(H,61,62,63)/t14?,15-,16?,17?,18?,19-,20+,21-,22-,23?,24-,25+,26?,27+,28?,29?,30-,31+,32?,33?,35+,36+,37-,38+,39?/m0/s1. The van der Waals surface area contributed by atoms with Crippen LogP contribution in [0.2, 0.25) is 0 Å². The summed E-state index contributed by atoms with van der Waals surface area (Å²) in [5.74, 6) is -9.69.